The molecule has 0 heterocycles. The summed E-state index contributed by atoms with van der Waals surface area (Å²) < 4.78 is 4.13. The Morgan fingerprint density at radius 3 is 2.00 bits per heavy atom. The van der Waals surface area contributed by atoms with Gasteiger partial charge in [-0.15, -0.1) is 0 Å². The van der Waals surface area contributed by atoms with E-state index >= 15 is 0 Å². The molecule has 0 aromatic heterocycles. The molecule has 142 valence electrons. The molecule has 0 fully saturated rings. The zero-order valence-corrected chi connectivity index (χ0v) is 13.1. The van der Waals surface area contributed by atoms with Crippen LogP contribution in [0, 0.1) is 0 Å². The number of carbonyl (C=O) groups is 1. The Morgan fingerprint density at radius 1 is 1.08 bits per heavy atom. The minimum atomic E-state index is -2.10. The first-order chi connectivity index (χ1) is 11.6. The van der Waals surface area contributed by atoms with E-state index in [-0.39, 0.29) is 11.3 Å². The second-order valence-corrected chi connectivity index (χ2v) is 4.84. The summed E-state index contributed by atoms with van der Waals surface area (Å²) >= 11 is 0. The summed E-state index contributed by atoms with van der Waals surface area (Å²) in [6.45, 7) is -1.43. The highest BCUT2D eigenvalue weighted by Crippen LogP contribution is 2.13. The SMILES string of the molecule is NC(=O)c1ccccc1O.OC[C@@H](O)[C@@H](O)[C@H](O)[C@@H](O)COB(O)O. The Hall–Kier alpha value is -1.77. The first-order valence-corrected chi connectivity index (χ1v) is 7.00. The van der Waals surface area contributed by atoms with Crippen molar-refractivity contribution in [3.8, 4) is 5.75 Å². The number of hydrogen-bond donors (Lipinski definition) is 9. The quantitative estimate of drug-likeness (QED) is 0.203. The number of nitrogens with two attached hydrogens (primary N) is 1. The topological polar surface area (TPSA) is 214 Å². The molecule has 4 atom stereocenters. The normalized spacial score (nSPS) is 15.3. The molecule has 10 N–H and O–H groups in total. The predicted octanol–water partition coefficient (Wildman–Crippen LogP) is -4.10. The van der Waals surface area contributed by atoms with E-state index in [2.05, 4.69) is 4.65 Å². The largest absolute Gasteiger partial charge is 0.633 e. The first-order valence-electron chi connectivity index (χ1n) is 7.00. The van der Waals surface area contributed by atoms with Crippen molar-refractivity contribution >= 4 is 13.2 Å². The number of hydrogen-bond acceptors (Lipinski definition) is 10. The van der Waals surface area contributed by atoms with Gasteiger partial charge in [-0.05, 0) is 12.1 Å². The molecule has 12 heteroatoms. The Kier molecular flexibility index (Phi) is 10.9. The molecule has 1 aromatic carbocycles. The van der Waals surface area contributed by atoms with Crippen molar-refractivity contribution in [1.82, 2.24) is 0 Å². The Bertz CT molecular complexity index is 517. The van der Waals surface area contributed by atoms with Gasteiger partial charge in [0.1, 0.15) is 30.2 Å². The number of primary amides is 1. The third-order valence-electron chi connectivity index (χ3n) is 2.91. The van der Waals surface area contributed by atoms with Gasteiger partial charge in [-0.3, -0.25) is 4.79 Å². The van der Waals surface area contributed by atoms with Crippen LogP contribution < -0.4 is 5.73 Å². The van der Waals surface area contributed by atoms with Gasteiger partial charge in [-0.1, -0.05) is 12.1 Å². The lowest BCUT2D eigenvalue weighted by Gasteiger charge is -2.25. The van der Waals surface area contributed by atoms with E-state index < -0.39 is 50.9 Å². The minimum absolute atomic E-state index is 0.0741. The van der Waals surface area contributed by atoms with Crippen LogP contribution in [0.15, 0.2) is 24.3 Å². The molecule has 1 aromatic rings. The number of phenols is 1. The van der Waals surface area contributed by atoms with Crippen LogP contribution in [0.4, 0.5) is 0 Å². The Morgan fingerprint density at radius 2 is 1.60 bits per heavy atom. The van der Waals surface area contributed by atoms with Gasteiger partial charge >= 0.3 is 7.32 Å². The lowest BCUT2D eigenvalue weighted by Crippen LogP contribution is -2.47. The fraction of sp³-hybridized carbons (Fsp3) is 0.462. The van der Waals surface area contributed by atoms with Crippen LogP contribution in [-0.4, -0.2) is 91.5 Å². The van der Waals surface area contributed by atoms with Crippen LogP contribution in [0.25, 0.3) is 0 Å². The monoisotopic (exact) mass is 363 g/mol. The van der Waals surface area contributed by atoms with Crippen LogP contribution >= 0.6 is 0 Å². The number of amides is 1. The summed E-state index contributed by atoms with van der Waals surface area (Å²) in [5.41, 5.74) is 5.07. The van der Waals surface area contributed by atoms with Gasteiger partial charge in [0.2, 0.25) is 0 Å². The van der Waals surface area contributed by atoms with E-state index in [9.17, 15) is 9.90 Å². The lowest BCUT2D eigenvalue weighted by molar-refractivity contribution is -0.123. The molecule has 11 nitrogen and oxygen atoms in total. The number of carbonyl (C=O) groups excluding carboxylic acids is 1. The molecule has 0 saturated heterocycles. The van der Waals surface area contributed by atoms with Crippen LogP contribution in [0.5, 0.6) is 5.75 Å². The van der Waals surface area contributed by atoms with Crippen LogP contribution in [0.3, 0.4) is 0 Å². The maximum atomic E-state index is 10.5. The summed E-state index contributed by atoms with van der Waals surface area (Å²) in [4.78, 5) is 10.5. The molecule has 25 heavy (non-hydrogen) atoms. The summed E-state index contributed by atoms with van der Waals surface area (Å²) in [6, 6.07) is 6.15. The molecule has 1 amide bonds. The number of aliphatic hydroxyl groups excluding tert-OH is 5. The van der Waals surface area contributed by atoms with Crippen LogP contribution in [-0.2, 0) is 4.65 Å². The van der Waals surface area contributed by atoms with E-state index in [0.29, 0.717) is 0 Å². The molecular formula is C13H22BNO10. The molecule has 0 radical (unpaired) electrons. The average molecular weight is 363 g/mol. The van der Waals surface area contributed by atoms with Gasteiger partial charge in [-0.25, -0.2) is 0 Å². The van der Waals surface area contributed by atoms with Crippen molar-refractivity contribution in [3.63, 3.8) is 0 Å². The predicted molar refractivity (Wildman–Crippen MR) is 83.9 cm³/mol. The summed E-state index contributed by atoms with van der Waals surface area (Å²) in [7, 11) is -2.10. The number of aliphatic hydroxyl groups is 5. The molecular weight excluding hydrogens is 341 g/mol. The van der Waals surface area contributed by atoms with E-state index in [4.69, 9.17) is 41.3 Å². The van der Waals surface area contributed by atoms with Gasteiger partial charge in [0.25, 0.3) is 5.91 Å². The minimum Gasteiger partial charge on any atom is -0.507 e. The van der Waals surface area contributed by atoms with E-state index in [1.165, 1.54) is 12.1 Å². The molecule has 0 saturated carbocycles. The summed E-state index contributed by atoms with van der Waals surface area (Å²) in [5.74, 6) is -0.687. The highest BCUT2D eigenvalue weighted by atomic mass is 16.6. The van der Waals surface area contributed by atoms with Crippen molar-refractivity contribution < 1.29 is 50.1 Å². The van der Waals surface area contributed by atoms with Crippen molar-refractivity contribution in [2.45, 2.75) is 24.4 Å². The Balaban J connectivity index is 0.000000496. The number of benzene rings is 1. The highest BCUT2D eigenvalue weighted by Gasteiger charge is 2.30. The second-order valence-electron chi connectivity index (χ2n) is 4.84. The zero-order valence-electron chi connectivity index (χ0n) is 13.1. The van der Waals surface area contributed by atoms with Gasteiger partial charge in [0.15, 0.2) is 0 Å². The van der Waals surface area contributed by atoms with Crippen molar-refractivity contribution in [2.75, 3.05) is 13.2 Å². The van der Waals surface area contributed by atoms with Gasteiger partial charge in [0.05, 0.1) is 18.8 Å². The first kappa shape index (κ1) is 23.2. The van der Waals surface area contributed by atoms with E-state index in [0.717, 1.165) is 0 Å². The Labute approximate surface area is 143 Å². The van der Waals surface area contributed by atoms with Crippen molar-refractivity contribution in [2.24, 2.45) is 5.73 Å². The van der Waals surface area contributed by atoms with Gasteiger partial charge < -0.3 is 51.1 Å². The molecule has 0 spiro atoms. The lowest BCUT2D eigenvalue weighted by atomic mass is 10.0. The average Bonchev–Trinajstić information content (AvgIpc) is 2.58. The summed E-state index contributed by atoms with van der Waals surface area (Å²) in [6.07, 6.45) is -6.76. The number of para-hydroxylation sites is 1. The van der Waals surface area contributed by atoms with Crippen molar-refractivity contribution in [1.29, 1.82) is 0 Å². The van der Waals surface area contributed by atoms with Crippen molar-refractivity contribution in [3.05, 3.63) is 29.8 Å². The molecule has 1 rings (SSSR count). The molecule has 0 aliphatic rings. The zero-order chi connectivity index (χ0) is 19.6. The molecule has 0 aliphatic heterocycles. The fourth-order valence-corrected chi connectivity index (χ4v) is 1.53. The maximum absolute atomic E-state index is 10.5. The molecule has 0 aliphatic carbocycles. The maximum Gasteiger partial charge on any atom is 0.633 e. The van der Waals surface area contributed by atoms with E-state index in [1.54, 1.807) is 12.1 Å². The van der Waals surface area contributed by atoms with E-state index in [1.807, 2.05) is 0 Å². The third-order valence-corrected chi connectivity index (χ3v) is 2.91. The standard InChI is InChI=1S/C7H7NO2.C6H15BO8/c8-7(10)5-3-1-2-4-6(5)9;8-1-3(9)5(11)6(12)4(10)2-15-7(13)14/h1-4,9H,(H2,8,10);3-6,8-14H,1-2H2/t;3-,4+,5-,6-/m.1/s1. The highest BCUT2D eigenvalue weighted by molar-refractivity contribution is 6.32. The van der Waals surface area contributed by atoms with Crippen LogP contribution in [0.2, 0.25) is 0 Å². The van der Waals surface area contributed by atoms with Gasteiger partial charge in [-0.2, -0.15) is 0 Å². The van der Waals surface area contributed by atoms with Gasteiger partial charge in [0, 0.05) is 0 Å². The van der Waals surface area contributed by atoms with Crippen LogP contribution in [0.1, 0.15) is 10.4 Å². The molecule has 0 unspecified atom stereocenters. The second kappa shape index (κ2) is 11.7. The number of rotatable bonds is 8. The number of aromatic hydroxyl groups is 1. The smallest absolute Gasteiger partial charge is 0.507 e. The fourth-order valence-electron chi connectivity index (χ4n) is 1.53. The third kappa shape index (κ3) is 8.76. The summed E-state index contributed by atoms with van der Waals surface area (Å²) in [5, 5.41) is 70.3. The molecule has 0 bridgehead atoms.